The van der Waals surface area contributed by atoms with Gasteiger partial charge in [-0.05, 0) is 41.6 Å². The van der Waals surface area contributed by atoms with Crippen molar-refractivity contribution in [3.63, 3.8) is 0 Å². The van der Waals surface area contributed by atoms with Gasteiger partial charge in [0.2, 0.25) is 0 Å². The standard InChI is InChI=1S/C39H37NO3Si/c1-30(27-43-28-32-18-8-3-9-19-32)29-44(33-20-10-4-11-21-33,34-22-12-5-13-23-34)37(26-31-16-6-2-7-17-31)40-38(41)35-24-14-15-25-36(35)39(40)42/h2-25,30,37H,26-29H2,1H3/t30-,37?/m0/s1. The minimum Gasteiger partial charge on any atom is -0.377 e. The van der Waals surface area contributed by atoms with E-state index in [0.717, 1.165) is 17.2 Å². The van der Waals surface area contributed by atoms with Crippen molar-refractivity contribution in [1.29, 1.82) is 0 Å². The highest BCUT2D eigenvalue weighted by Gasteiger charge is 2.53. The van der Waals surface area contributed by atoms with Crippen LogP contribution in [0.15, 0.2) is 146 Å². The Morgan fingerprint density at radius 2 is 1.02 bits per heavy atom. The van der Waals surface area contributed by atoms with Crippen LogP contribution in [0.5, 0.6) is 0 Å². The quantitative estimate of drug-likeness (QED) is 0.121. The van der Waals surface area contributed by atoms with Crippen molar-refractivity contribution < 1.29 is 14.3 Å². The Kier molecular flexibility index (Phi) is 8.96. The van der Waals surface area contributed by atoms with E-state index < -0.39 is 8.07 Å². The Morgan fingerprint density at radius 3 is 1.52 bits per heavy atom. The molecular formula is C39H37NO3Si. The maximum atomic E-state index is 14.3. The third-order valence-corrected chi connectivity index (χ3v) is 14.4. The third kappa shape index (κ3) is 5.94. The molecule has 2 atom stereocenters. The molecule has 1 aliphatic rings. The van der Waals surface area contributed by atoms with Crippen molar-refractivity contribution in [3.8, 4) is 0 Å². The Morgan fingerprint density at radius 1 is 0.591 bits per heavy atom. The fourth-order valence-corrected chi connectivity index (χ4v) is 12.7. The Balaban J connectivity index is 1.49. The lowest BCUT2D eigenvalue weighted by atomic mass is 10.1. The number of carbonyl (C=O) groups excluding carboxylic acids is 2. The van der Waals surface area contributed by atoms with Crippen LogP contribution in [-0.4, -0.2) is 37.1 Å². The first-order valence-corrected chi connectivity index (χ1v) is 17.6. The number of fused-ring (bicyclic) bond motifs is 1. The van der Waals surface area contributed by atoms with Gasteiger partial charge in [0.15, 0.2) is 0 Å². The van der Waals surface area contributed by atoms with Crippen LogP contribution in [-0.2, 0) is 17.8 Å². The predicted molar refractivity (Wildman–Crippen MR) is 179 cm³/mol. The molecule has 0 saturated carbocycles. The Bertz CT molecular complexity index is 1620. The summed E-state index contributed by atoms with van der Waals surface area (Å²) in [6, 6.07) is 49.8. The molecule has 0 fully saturated rings. The first-order valence-electron chi connectivity index (χ1n) is 15.3. The monoisotopic (exact) mass is 595 g/mol. The number of ether oxygens (including phenoxy) is 1. The van der Waals surface area contributed by atoms with E-state index in [0.29, 0.717) is 30.8 Å². The summed E-state index contributed by atoms with van der Waals surface area (Å²) in [6.07, 6.45) is 0.569. The summed E-state index contributed by atoms with van der Waals surface area (Å²) in [4.78, 5) is 30.1. The number of carbonyl (C=O) groups is 2. The van der Waals surface area contributed by atoms with E-state index in [2.05, 4.69) is 79.7 Å². The smallest absolute Gasteiger partial charge is 0.261 e. The zero-order chi connectivity index (χ0) is 30.4. The molecule has 44 heavy (non-hydrogen) atoms. The molecule has 1 heterocycles. The van der Waals surface area contributed by atoms with Crippen molar-refractivity contribution in [2.45, 2.75) is 31.7 Å². The number of benzene rings is 5. The van der Waals surface area contributed by atoms with Crippen molar-refractivity contribution in [2.75, 3.05) is 6.61 Å². The summed E-state index contributed by atoms with van der Waals surface area (Å²) in [5.41, 5.74) is 2.85. The van der Waals surface area contributed by atoms with Crippen LogP contribution in [0.25, 0.3) is 0 Å². The van der Waals surface area contributed by atoms with Gasteiger partial charge in [-0.15, -0.1) is 0 Å². The maximum Gasteiger partial charge on any atom is 0.261 e. The fourth-order valence-electron chi connectivity index (χ4n) is 6.77. The average Bonchev–Trinajstić information content (AvgIpc) is 3.33. The molecule has 2 amide bonds. The lowest BCUT2D eigenvalue weighted by Gasteiger charge is -2.45. The molecule has 220 valence electrons. The highest BCUT2D eigenvalue weighted by Crippen LogP contribution is 2.33. The Labute approximate surface area is 261 Å². The van der Waals surface area contributed by atoms with E-state index in [1.165, 1.54) is 10.4 Å². The molecule has 0 saturated heterocycles. The zero-order valence-electron chi connectivity index (χ0n) is 25.0. The zero-order valence-corrected chi connectivity index (χ0v) is 26.0. The van der Waals surface area contributed by atoms with Crippen molar-refractivity contribution in [3.05, 3.63) is 168 Å². The van der Waals surface area contributed by atoms with Gasteiger partial charge in [-0.25, -0.2) is 0 Å². The molecule has 0 bridgehead atoms. The van der Waals surface area contributed by atoms with E-state index in [-0.39, 0.29) is 23.4 Å². The van der Waals surface area contributed by atoms with Gasteiger partial charge >= 0.3 is 0 Å². The molecule has 6 rings (SSSR count). The normalized spacial score (nSPS) is 14.3. The number of rotatable bonds is 12. The minimum atomic E-state index is -2.94. The lowest BCUT2D eigenvalue weighted by molar-refractivity contribution is 0.0626. The highest BCUT2D eigenvalue weighted by atomic mass is 28.3. The number of hydrogen-bond acceptors (Lipinski definition) is 3. The van der Waals surface area contributed by atoms with Gasteiger partial charge in [-0.2, -0.15) is 0 Å². The van der Waals surface area contributed by atoms with E-state index >= 15 is 0 Å². The van der Waals surface area contributed by atoms with E-state index in [4.69, 9.17) is 4.74 Å². The molecule has 0 aromatic heterocycles. The molecule has 0 N–H and O–H groups in total. The van der Waals surface area contributed by atoms with Crippen LogP contribution >= 0.6 is 0 Å². The van der Waals surface area contributed by atoms with Crippen molar-refractivity contribution >= 4 is 30.3 Å². The van der Waals surface area contributed by atoms with Gasteiger partial charge in [-0.1, -0.05) is 151 Å². The highest BCUT2D eigenvalue weighted by molar-refractivity contribution is 7.03. The first kappa shape index (κ1) is 29.5. The van der Waals surface area contributed by atoms with E-state index in [1.54, 1.807) is 17.0 Å². The van der Waals surface area contributed by atoms with Gasteiger partial charge in [0.05, 0.1) is 17.7 Å². The second-order valence-electron chi connectivity index (χ2n) is 11.7. The second-order valence-corrected chi connectivity index (χ2v) is 15.9. The van der Waals surface area contributed by atoms with Crippen LogP contribution in [0.3, 0.4) is 0 Å². The van der Waals surface area contributed by atoms with Gasteiger partial charge in [-0.3, -0.25) is 14.5 Å². The van der Waals surface area contributed by atoms with Gasteiger partial charge in [0.25, 0.3) is 11.8 Å². The molecule has 4 nitrogen and oxygen atoms in total. The molecule has 5 aromatic rings. The van der Waals surface area contributed by atoms with Crippen LogP contribution in [0.2, 0.25) is 6.04 Å². The molecule has 1 unspecified atom stereocenters. The van der Waals surface area contributed by atoms with Gasteiger partial charge in [0, 0.05) is 12.3 Å². The Hall–Kier alpha value is -4.58. The number of hydrogen-bond donors (Lipinski definition) is 0. The molecule has 0 radical (unpaired) electrons. The van der Waals surface area contributed by atoms with Gasteiger partial charge < -0.3 is 4.74 Å². The fraction of sp³-hybridized carbons (Fsp3) is 0.179. The summed E-state index contributed by atoms with van der Waals surface area (Å²) in [5, 5.41) is 2.41. The minimum absolute atomic E-state index is 0.166. The van der Waals surface area contributed by atoms with Crippen LogP contribution in [0.1, 0.15) is 38.8 Å². The summed E-state index contributed by atoms with van der Waals surface area (Å²) < 4.78 is 6.29. The van der Waals surface area contributed by atoms with Crippen molar-refractivity contribution in [1.82, 2.24) is 4.90 Å². The van der Waals surface area contributed by atoms with Crippen molar-refractivity contribution in [2.24, 2.45) is 5.92 Å². The second kappa shape index (κ2) is 13.4. The molecule has 0 aliphatic carbocycles. The largest absolute Gasteiger partial charge is 0.377 e. The summed E-state index contributed by atoms with van der Waals surface area (Å²) in [7, 11) is -2.94. The molecular weight excluding hydrogens is 559 g/mol. The average molecular weight is 596 g/mol. The maximum absolute atomic E-state index is 14.3. The third-order valence-electron chi connectivity index (χ3n) is 8.74. The van der Waals surface area contributed by atoms with Gasteiger partial charge in [0.1, 0.15) is 8.07 Å². The van der Waals surface area contributed by atoms with Crippen LogP contribution in [0.4, 0.5) is 0 Å². The molecule has 5 aromatic carbocycles. The van der Waals surface area contributed by atoms with E-state index in [9.17, 15) is 9.59 Å². The summed E-state index contributed by atoms with van der Waals surface area (Å²) in [6.45, 7) is 3.35. The summed E-state index contributed by atoms with van der Waals surface area (Å²) >= 11 is 0. The number of nitrogens with zero attached hydrogens (tertiary/aromatic N) is 1. The van der Waals surface area contributed by atoms with Crippen LogP contribution in [0, 0.1) is 5.92 Å². The topological polar surface area (TPSA) is 46.6 Å². The SMILES string of the molecule is C[C@@H](COCc1ccccc1)C[Si](c1ccccc1)(c1ccccc1)C(Cc1ccccc1)N1C(=O)c2ccccc2C1=O. The lowest BCUT2D eigenvalue weighted by Crippen LogP contribution is -2.72. The van der Waals surface area contributed by atoms with Crippen LogP contribution < -0.4 is 10.4 Å². The molecule has 1 aliphatic heterocycles. The number of imide groups is 1. The molecule has 5 heteroatoms. The summed E-state index contributed by atoms with van der Waals surface area (Å²) in [5.74, 6) is -0.245. The van der Waals surface area contributed by atoms with E-state index in [1.807, 2.05) is 60.7 Å². The number of amides is 2. The predicted octanol–water partition coefficient (Wildman–Crippen LogP) is 6.55. The molecule has 0 spiro atoms. The first-order chi connectivity index (χ1) is 21.6.